The largest absolute Gasteiger partial charge is 0.496 e. The first-order valence-corrected chi connectivity index (χ1v) is 8.85. The van der Waals surface area contributed by atoms with Crippen molar-refractivity contribution in [2.24, 2.45) is 0 Å². The summed E-state index contributed by atoms with van der Waals surface area (Å²) in [5.41, 5.74) is 1.71. The van der Waals surface area contributed by atoms with Gasteiger partial charge in [-0.05, 0) is 36.2 Å². The van der Waals surface area contributed by atoms with Crippen LogP contribution in [0.5, 0.6) is 11.6 Å². The minimum Gasteiger partial charge on any atom is -0.496 e. The zero-order chi connectivity index (χ0) is 17.2. The van der Waals surface area contributed by atoms with Crippen LogP contribution in [0.25, 0.3) is 11.4 Å². The van der Waals surface area contributed by atoms with E-state index in [1.165, 1.54) is 11.9 Å². The fraction of sp³-hybridized carbons (Fsp3) is 0.176. The molecular weight excluding hydrogens is 360 g/mol. The summed E-state index contributed by atoms with van der Waals surface area (Å²) in [7, 11) is 1.63. The number of imidazole rings is 1. The van der Waals surface area contributed by atoms with Gasteiger partial charge in [-0.2, -0.15) is 0 Å². The molecule has 0 atom stereocenters. The molecule has 0 saturated heterocycles. The van der Waals surface area contributed by atoms with Crippen molar-refractivity contribution in [3.63, 3.8) is 0 Å². The van der Waals surface area contributed by atoms with E-state index in [1.807, 2.05) is 24.4 Å². The van der Waals surface area contributed by atoms with Gasteiger partial charge in [0.05, 0.1) is 36.0 Å². The number of ether oxygens (including phenoxy) is 2. The molecule has 1 aliphatic rings. The van der Waals surface area contributed by atoms with Gasteiger partial charge in [0.1, 0.15) is 18.2 Å². The van der Waals surface area contributed by atoms with Crippen molar-refractivity contribution in [2.45, 2.75) is 11.4 Å². The van der Waals surface area contributed by atoms with Crippen molar-refractivity contribution in [2.75, 3.05) is 18.4 Å². The van der Waals surface area contributed by atoms with Crippen LogP contribution in [0.3, 0.4) is 0 Å². The zero-order valence-electron chi connectivity index (χ0n) is 13.4. The van der Waals surface area contributed by atoms with Crippen molar-refractivity contribution in [1.82, 2.24) is 14.5 Å². The maximum Gasteiger partial charge on any atom is 0.224 e. The molecule has 2 aromatic heterocycles. The molecule has 8 heteroatoms. The molecule has 3 heterocycles. The average molecular weight is 375 g/mol. The summed E-state index contributed by atoms with van der Waals surface area (Å²) in [5.74, 6) is 2.21. The van der Waals surface area contributed by atoms with Gasteiger partial charge in [-0.15, -0.1) is 0 Å². The standard InChI is InChI=1S/C17H15ClN4O2S/c1-23-14-3-2-11(18)8-15(14)25-21-12-9-13-16-19-4-5-22(16)6-7-24-17(13)20-10-12/h2-5,8-10,21H,6-7H2,1H3. The second-order valence-corrected chi connectivity index (χ2v) is 6.65. The molecule has 1 N–H and O–H groups in total. The van der Waals surface area contributed by atoms with Gasteiger partial charge in [-0.25, -0.2) is 9.97 Å². The van der Waals surface area contributed by atoms with Crippen molar-refractivity contribution in [1.29, 1.82) is 0 Å². The van der Waals surface area contributed by atoms with E-state index in [0.717, 1.165) is 34.3 Å². The Morgan fingerprint density at radius 3 is 3.12 bits per heavy atom. The predicted molar refractivity (Wildman–Crippen MR) is 98.4 cm³/mol. The number of fused-ring (bicyclic) bond motifs is 3. The van der Waals surface area contributed by atoms with Gasteiger partial charge >= 0.3 is 0 Å². The SMILES string of the molecule is COc1ccc(Cl)cc1SNc1cnc2c(c1)-c1nccn1CCO2. The van der Waals surface area contributed by atoms with E-state index in [2.05, 4.69) is 19.3 Å². The Balaban J connectivity index is 1.61. The van der Waals surface area contributed by atoms with E-state index in [0.29, 0.717) is 17.5 Å². The Labute approximate surface area is 154 Å². The fourth-order valence-corrected chi connectivity index (χ4v) is 3.62. The summed E-state index contributed by atoms with van der Waals surface area (Å²) in [6, 6.07) is 7.47. The predicted octanol–water partition coefficient (Wildman–Crippen LogP) is 4.12. The lowest BCUT2D eigenvalue weighted by molar-refractivity contribution is 0.296. The lowest BCUT2D eigenvalue weighted by Gasteiger charge is -2.11. The Kier molecular flexibility index (Phi) is 4.42. The van der Waals surface area contributed by atoms with Gasteiger partial charge in [0.15, 0.2) is 0 Å². The van der Waals surface area contributed by atoms with Gasteiger partial charge in [0, 0.05) is 17.4 Å². The van der Waals surface area contributed by atoms with Crippen molar-refractivity contribution in [3.05, 3.63) is 47.9 Å². The lowest BCUT2D eigenvalue weighted by atomic mass is 10.2. The third-order valence-corrected chi connectivity index (χ3v) is 4.89. The summed E-state index contributed by atoms with van der Waals surface area (Å²) in [5, 5.41) is 0.653. The van der Waals surface area contributed by atoms with Crippen LogP contribution in [0.4, 0.5) is 5.69 Å². The number of hydrogen-bond donors (Lipinski definition) is 1. The van der Waals surface area contributed by atoms with Crippen LogP contribution in [0, 0.1) is 0 Å². The van der Waals surface area contributed by atoms with Gasteiger partial charge in [0.25, 0.3) is 0 Å². The number of rotatable bonds is 4. The molecule has 1 aromatic carbocycles. The highest BCUT2D eigenvalue weighted by atomic mass is 35.5. The van der Waals surface area contributed by atoms with Crippen molar-refractivity contribution >= 4 is 29.2 Å². The number of halogens is 1. The third kappa shape index (κ3) is 3.25. The first-order chi connectivity index (χ1) is 12.2. The maximum atomic E-state index is 6.08. The van der Waals surface area contributed by atoms with Gasteiger partial charge in [-0.1, -0.05) is 11.6 Å². The van der Waals surface area contributed by atoms with E-state index in [9.17, 15) is 0 Å². The van der Waals surface area contributed by atoms with E-state index >= 15 is 0 Å². The minimum absolute atomic E-state index is 0.574. The first-order valence-electron chi connectivity index (χ1n) is 7.65. The molecule has 128 valence electrons. The topological polar surface area (TPSA) is 61.2 Å². The Bertz CT molecular complexity index is 915. The van der Waals surface area contributed by atoms with Crippen LogP contribution < -0.4 is 14.2 Å². The molecule has 0 spiro atoms. The second kappa shape index (κ2) is 6.85. The quantitative estimate of drug-likeness (QED) is 0.693. The molecule has 3 aromatic rings. The summed E-state index contributed by atoms with van der Waals surface area (Å²) in [6.45, 7) is 1.33. The molecule has 0 fully saturated rings. The average Bonchev–Trinajstić information content (AvgIpc) is 3.02. The fourth-order valence-electron chi connectivity index (χ4n) is 2.60. The highest BCUT2D eigenvalue weighted by Crippen LogP contribution is 2.35. The van der Waals surface area contributed by atoms with Gasteiger partial charge in [-0.3, -0.25) is 0 Å². The van der Waals surface area contributed by atoms with Gasteiger partial charge < -0.3 is 18.8 Å². The molecule has 25 heavy (non-hydrogen) atoms. The molecule has 0 amide bonds. The van der Waals surface area contributed by atoms with Crippen LogP contribution in [0.1, 0.15) is 0 Å². The Morgan fingerprint density at radius 2 is 2.24 bits per heavy atom. The molecule has 0 bridgehead atoms. The number of aromatic nitrogens is 3. The maximum absolute atomic E-state index is 6.08. The molecular formula is C17H15ClN4O2S. The number of anilines is 1. The summed E-state index contributed by atoms with van der Waals surface area (Å²) in [6.07, 6.45) is 5.47. The van der Waals surface area contributed by atoms with E-state index in [1.54, 1.807) is 25.6 Å². The molecule has 0 saturated carbocycles. The summed E-state index contributed by atoms with van der Waals surface area (Å²) in [4.78, 5) is 9.74. The second-order valence-electron chi connectivity index (χ2n) is 5.37. The van der Waals surface area contributed by atoms with Crippen LogP contribution >= 0.6 is 23.5 Å². The Hall–Kier alpha value is -2.38. The summed E-state index contributed by atoms with van der Waals surface area (Å²) < 4.78 is 16.4. The first kappa shape index (κ1) is 16.1. The van der Waals surface area contributed by atoms with Gasteiger partial charge in [0.2, 0.25) is 5.88 Å². The van der Waals surface area contributed by atoms with Crippen LogP contribution in [0.15, 0.2) is 47.8 Å². The molecule has 0 aliphatic carbocycles. The van der Waals surface area contributed by atoms with E-state index in [-0.39, 0.29) is 0 Å². The lowest BCUT2D eigenvalue weighted by Crippen LogP contribution is -2.04. The smallest absolute Gasteiger partial charge is 0.224 e. The number of benzene rings is 1. The van der Waals surface area contributed by atoms with E-state index in [4.69, 9.17) is 21.1 Å². The minimum atomic E-state index is 0.574. The highest BCUT2D eigenvalue weighted by Gasteiger charge is 2.18. The monoisotopic (exact) mass is 374 g/mol. The number of hydrogen-bond acceptors (Lipinski definition) is 6. The van der Waals surface area contributed by atoms with Crippen LogP contribution in [0.2, 0.25) is 5.02 Å². The number of methoxy groups -OCH3 is 1. The number of pyridine rings is 1. The molecule has 0 unspecified atom stereocenters. The molecule has 4 rings (SSSR count). The third-order valence-electron chi connectivity index (χ3n) is 3.78. The van der Waals surface area contributed by atoms with E-state index < -0.39 is 0 Å². The number of nitrogens with zero attached hydrogens (tertiary/aromatic N) is 3. The van der Waals surface area contributed by atoms with Crippen LogP contribution in [-0.2, 0) is 6.54 Å². The number of nitrogens with one attached hydrogen (secondary N) is 1. The highest BCUT2D eigenvalue weighted by molar-refractivity contribution is 8.00. The van der Waals surface area contributed by atoms with Crippen LogP contribution in [-0.4, -0.2) is 28.3 Å². The molecule has 1 aliphatic heterocycles. The molecule has 0 radical (unpaired) electrons. The summed E-state index contributed by atoms with van der Waals surface area (Å²) >= 11 is 7.49. The van der Waals surface area contributed by atoms with Crippen molar-refractivity contribution in [3.8, 4) is 23.0 Å². The zero-order valence-corrected chi connectivity index (χ0v) is 15.0. The molecule has 6 nitrogen and oxygen atoms in total. The normalized spacial score (nSPS) is 12.6. The Morgan fingerprint density at radius 1 is 1.32 bits per heavy atom. The van der Waals surface area contributed by atoms with Crippen molar-refractivity contribution < 1.29 is 9.47 Å².